The lowest BCUT2D eigenvalue weighted by Crippen LogP contribution is -2.47. The molecular formula is C18H23N3O2. The Labute approximate surface area is 136 Å². The molecule has 1 aliphatic heterocycles. The molecule has 1 fully saturated rings. The number of carbonyl (C=O) groups is 1. The molecule has 1 aliphatic rings. The monoisotopic (exact) mass is 313 g/mol. The second-order valence-electron chi connectivity index (χ2n) is 6.10. The fourth-order valence-electron chi connectivity index (χ4n) is 3.36. The molecule has 0 radical (unpaired) electrons. The van der Waals surface area contributed by atoms with Crippen LogP contribution in [0.5, 0.6) is 0 Å². The van der Waals surface area contributed by atoms with Gasteiger partial charge in [0.25, 0.3) is 5.91 Å². The Morgan fingerprint density at radius 1 is 1.30 bits per heavy atom. The number of hydrogen-bond donors (Lipinski definition) is 0. The summed E-state index contributed by atoms with van der Waals surface area (Å²) < 4.78 is 7.30. The third kappa shape index (κ3) is 3.45. The Morgan fingerprint density at radius 3 is 2.74 bits per heavy atom. The van der Waals surface area contributed by atoms with Crippen molar-refractivity contribution in [2.24, 2.45) is 13.0 Å². The molecule has 5 heteroatoms. The van der Waals surface area contributed by atoms with Crippen LogP contribution >= 0.6 is 0 Å². The van der Waals surface area contributed by atoms with Gasteiger partial charge in [-0.05, 0) is 24.5 Å². The number of likely N-dealkylation sites (tertiary alicyclic amines) is 1. The van der Waals surface area contributed by atoms with Crippen molar-refractivity contribution in [3.63, 3.8) is 0 Å². The summed E-state index contributed by atoms with van der Waals surface area (Å²) in [4.78, 5) is 14.6. The van der Waals surface area contributed by atoms with Gasteiger partial charge in [-0.2, -0.15) is 5.10 Å². The molecule has 0 unspecified atom stereocenters. The van der Waals surface area contributed by atoms with E-state index in [-0.39, 0.29) is 12.0 Å². The lowest BCUT2D eigenvalue weighted by molar-refractivity contribution is -0.00331. The summed E-state index contributed by atoms with van der Waals surface area (Å²) in [6, 6.07) is 12.2. The highest BCUT2D eigenvalue weighted by Gasteiger charge is 2.32. The number of carbonyl (C=O) groups excluding carboxylic acids is 1. The fourth-order valence-corrected chi connectivity index (χ4v) is 3.36. The molecule has 3 rings (SSSR count). The van der Waals surface area contributed by atoms with E-state index in [1.807, 2.05) is 11.0 Å². The van der Waals surface area contributed by atoms with Crippen molar-refractivity contribution >= 4 is 5.91 Å². The van der Waals surface area contributed by atoms with Crippen LogP contribution in [0.3, 0.4) is 0 Å². The fraction of sp³-hybridized carbons (Fsp3) is 0.444. The highest BCUT2D eigenvalue weighted by atomic mass is 16.5. The van der Waals surface area contributed by atoms with Crippen molar-refractivity contribution in [1.29, 1.82) is 0 Å². The molecule has 1 aromatic carbocycles. The number of hydrogen-bond acceptors (Lipinski definition) is 3. The molecular weight excluding hydrogens is 290 g/mol. The minimum Gasteiger partial charge on any atom is -0.381 e. The molecule has 0 N–H and O–H groups in total. The van der Waals surface area contributed by atoms with Crippen LogP contribution in [0.1, 0.15) is 22.5 Å². The number of rotatable bonds is 4. The Kier molecular flexibility index (Phi) is 4.76. The van der Waals surface area contributed by atoms with Crippen LogP contribution in [-0.2, 0) is 18.2 Å². The predicted octanol–water partition coefficient (Wildman–Crippen LogP) is 2.14. The summed E-state index contributed by atoms with van der Waals surface area (Å²) in [6.07, 6.45) is 3.66. The minimum absolute atomic E-state index is 0.0533. The van der Waals surface area contributed by atoms with Gasteiger partial charge in [0.2, 0.25) is 0 Å². The lowest BCUT2D eigenvalue weighted by atomic mass is 9.88. The van der Waals surface area contributed by atoms with Gasteiger partial charge >= 0.3 is 0 Å². The number of nitrogens with zero attached hydrogens (tertiary/aromatic N) is 3. The number of piperidine rings is 1. The maximum absolute atomic E-state index is 12.7. The summed E-state index contributed by atoms with van der Waals surface area (Å²) in [5, 5.41) is 4.09. The Balaban J connectivity index is 1.73. The highest BCUT2D eigenvalue weighted by Crippen LogP contribution is 2.24. The van der Waals surface area contributed by atoms with E-state index in [2.05, 4.69) is 29.4 Å². The predicted molar refractivity (Wildman–Crippen MR) is 88.2 cm³/mol. The standard InChI is InChI=1S/C18H23N3O2/c1-20-16(8-10-19-20)18(22)21-11-9-17(23-2)15(13-21)12-14-6-4-3-5-7-14/h3-8,10,15,17H,9,11-13H2,1-2H3/t15-,17-/m1/s1. The van der Waals surface area contributed by atoms with Crippen LogP contribution in [0, 0.1) is 5.92 Å². The first-order chi connectivity index (χ1) is 11.2. The zero-order valence-corrected chi connectivity index (χ0v) is 13.7. The average molecular weight is 313 g/mol. The normalized spacial score (nSPS) is 21.4. The van der Waals surface area contributed by atoms with Crippen LogP contribution < -0.4 is 0 Å². The Morgan fingerprint density at radius 2 is 2.09 bits per heavy atom. The number of ether oxygens (including phenoxy) is 1. The SMILES string of the molecule is CO[C@@H]1CCN(C(=O)c2ccnn2C)C[C@H]1Cc1ccccc1. The number of aromatic nitrogens is 2. The van der Waals surface area contributed by atoms with Crippen molar-refractivity contribution in [3.8, 4) is 0 Å². The summed E-state index contributed by atoms with van der Waals surface area (Å²) in [7, 11) is 3.57. The zero-order chi connectivity index (χ0) is 16.2. The average Bonchev–Trinajstić information content (AvgIpc) is 3.01. The topological polar surface area (TPSA) is 47.4 Å². The summed E-state index contributed by atoms with van der Waals surface area (Å²) in [5.41, 5.74) is 1.92. The van der Waals surface area contributed by atoms with Crippen LogP contribution in [0.4, 0.5) is 0 Å². The molecule has 23 heavy (non-hydrogen) atoms. The molecule has 0 spiro atoms. The quantitative estimate of drug-likeness (QED) is 0.869. The molecule has 2 heterocycles. The molecule has 0 saturated carbocycles. The van der Waals surface area contributed by atoms with E-state index < -0.39 is 0 Å². The maximum atomic E-state index is 12.7. The van der Waals surface area contributed by atoms with E-state index in [0.29, 0.717) is 11.6 Å². The van der Waals surface area contributed by atoms with Gasteiger partial charge in [0.1, 0.15) is 5.69 Å². The Bertz CT molecular complexity index is 653. The number of methoxy groups -OCH3 is 1. The second-order valence-corrected chi connectivity index (χ2v) is 6.10. The highest BCUT2D eigenvalue weighted by molar-refractivity contribution is 5.92. The van der Waals surface area contributed by atoms with E-state index >= 15 is 0 Å². The number of amides is 1. The van der Waals surface area contributed by atoms with Gasteiger partial charge in [-0.25, -0.2) is 0 Å². The van der Waals surface area contributed by atoms with Gasteiger partial charge in [-0.3, -0.25) is 9.48 Å². The largest absolute Gasteiger partial charge is 0.381 e. The van der Waals surface area contributed by atoms with Crippen LogP contribution in [0.25, 0.3) is 0 Å². The third-order valence-corrected chi connectivity index (χ3v) is 4.63. The molecule has 2 atom stereocenters. The molecule has 5 nitrogen and oxygen atoms in total. The van der Waals surface area contributed by atoms with Gasteiger partial charge < -0.3 is 9.64 Å². The third-order valence-electron chi connectivity index (χ3n) is 4.63. The molecule has 0 bridgehead atoms. The summed E-state index contributed by atoms with van der Waals surface area (Å²) >= 11 is 0. The number of aryl methyl sites for hydroxylation is 1. The first kappa shape index (κ1) is 15.7. The molecule has 1 saturated heterocycles. The lowest BCUT2D eigenvalue weighted by Gasteiger charge is -2.38. The van der Waals surface area contributed by atoms with Crippen LogP contribution in [-0.4, -0.2) is 46.9 Å². The zero-order valence-electron chi connectivity index (χ0n) is 13.7. The second kappa shape index (κ2) is 6.96. The van der Waals surface area contributed by atoms with Crippen molar-refractivity contribution in [3.05, 3.63) is 53.9 Å². The molecule has 0 aliphatic carbocycles. The number of benzene rings is 1. The molecule has 1 aromatic heterocycles. The van der Waals surface area contributed by atoms with Crippen molar-refractivity contribution in [2.45, 2.75) is 18.9 Å². The molecule has 122 valence electrons. The van der Waals surface area contributed by atoms with Gasteiger partial charge in [-0.15, -0.1) is 0 Å². The summed E-state index contributed by atoms with van der Waals surface area (Å²) in [5.74, 6) is 0.367. The van der Waals surface area contributed by atoms with Gasteiger partial charge in [0, 0.05) is 39.4 Å². The first-order valence-electron chi connectivity index (χ1n) is 8.03. The summed E-state index contributed by atoms with van der Waals surface area (Å²) in [6.45, 7) is 1.45. The maximum Gasteiger partial charge on any atom is 0.272 e. The van der Waals surface area contributed by atoms with E-state index in [0.717, 1.165) is 25.9 Å². The van der Waals surface area contributed by atoms with Gasteiger partial charge in [0.05, 0.1) is 6.10 Å². The van der Waals surface area contributed by atoms with Gasteiger partial charge in [-0.1, -0.05) is 30.3 Å². The van der Waals surface area contributed by atoms with E-state index in [4.69, 9.17) is 4.74 Å². The van der Waals surface area contributed by atoms with Crippen LogP contribution in [0.15, 0.2) is 42.6 Å². The van der Waals surface area contributed by atoms with E-state index in [1.54, 1.807) is 31.1 Å². The minimum atomic E-state index is 0.0533. The van der Waals surface area contributed by atoms with E-state index in [9.17, 15) is 4.79 Å². The molecule has 1 amide bonds. The van der Waals surface area contributed by atoms with Gasteiger partial charge in [0.15, 0.2) is 0 Å². The van der Waals surface area contributed by atoms with E-state index in [1.165, 1.54) is 5.56 Å². The van der Waals surface area contributed by atoms with Crippen molar-refractivity contribution in [1.82, 2.24) is 14.7 Å². The van der Waals surface area contributed by atoms with Crippen molar-refractivity contribution in [2.75, 3.05) is 20.2 Å². The van der Waals surface area contributed by atoms with Crippen molar-refractivity contribution < 1.29 is 9.53 Å². The molecule has 2 aromatic rings. The van der Waals surface area contributed by atoms with Crippen LogP contribution in [0.2, 0.25) is 0 Å². The smallest absolute Gasteiger partial charge is 0.272 e. The first-order valence-corrected chi connectivity index (χ1v) is 8.03. The Hall–Kier alpha value is -2.14.